The molecule has 0 aromatic heterocycles. The van der Waals surface area contributed by atoms with E-state index in [9.17, 15) is 0 Å². The van der Waals surface area contributed by atoms with Gasteiger partial charge in [0, 0.05) is 16.6 Å². The van der Waals surface area contributed by atoms with Crippen LogP contribution in [0.15, 0.2) is 28.2 Å². The Hall–Kier alpha value is -0.800. The van der Waals surface area contributed by atoms with Gasteiger partial charge in [0.2, 0.25) is 0 Å². The first-order chi connectivity index (χ1) is 8.71. The fourth-order valence-electron chi connectivity index (χ4n) is 1.70. The smallest absolute Gasteiger partial charge is 0.126 e. The van der Waals surface area contributed by atoms with Gasteiger partial charge in [0.25, 0.3) is 0 Å². The maximum absolute atomic E-state index is 5.78. The number of hydrogen-bond donors (Lipinski definition) is 1. The third-order valence-electron chi connectivity index (χ3n) is 2.65. The van der Waals surface area contributed by atoms with Gasteiger partial charge < -0.3 is 10.1 Å². The predicted octanol–water partition coefficient (Wildman–Crippen LogP) is 4.25. The van der Waals surface area contributed by atoms with E-state index in [2.05, 4.69) is 47.2 Å². The van der Waals surface area contributed by atoms with E-state index in [4.69, 9.17) is 4.74 Å². The lowest BCUT2D eigenvalue weighted by atomic mass is 10.1. The van der Waals surface area contributed by atoms with Gasteiger partial charge in [-0.05, 0) is 38.1 Å². The molecule has 1 N–H and O–H groups in total. The zero-order valence-electron chi connectivity index (χ0n) is 11.4. The summed E-state index contributed by atoms with van der Waals surface area (Å²) in [6, 6.07) is 6.15. The highest BCUT2D eigenvalue weighted by molar-refractivity contribution is 9.10. The average molecular weight is 312 g/mol. The molecule has 0 amide bonds. The Bertz CT molecular complexity index is 401. The maximum Gasteiger partial charge on any atom is 0.126 e. The molecule has 0 heterocycles. The van der Waals surface area contributed by atoms with Crippen molar-refractivity contribution in [2.75, 3.05) is 20.2 Å². The number of hydrogen-bond acceptors (Lipinski definition) is 2. The Morgan fingerprint density at radius 2 is 2.17 bits per heavy atom. The summed E-state index contributed by atoms with van der Waals surface area (Å²) in [6.07, 6.45) is 4.28. The molecule has 0 fully saturated rings. The molecule has 1 aromatic rings. The Labute approximate surface area is 119 Å². The number of nitrogens with one attached hydrogen (secondary N) is 1. The lowest BCUT2D eigenvalue weighted by Crippen LogP contribution is -2.09. The molecule has 0 spiro atoms. The van der Waals surface area contributed by atoms with Crippen LogP contribution in [0.2, 0.25) is 0 Å². The molecule has 0 aliphatic rings. The van der Waals surface area contributed by atoms with E-state index in [1.165, 1.54) is 5.57 Å². The molecular formula is C15H22BrNO. The minimum atomic E-state index is 0.760. The van der Waals surface area contributed by atoms with Gasteiger partial charge in [-0.15, -0.1) is 0 Å². The second kappa shape index (κ2) is 8.33. The van der Waals surface area contributed by atoms with Crippen molar-refractivity contribution in [1.82, 2.24) is 5.32 Å². The summed E-state index contributed by atoms with van der Waals surface area (Å²) in [5.74, 6) is 0.960. The fraction of sp³-hybridized carbons (Fsp3) is 0.467. The molecule has 100 valence electrons. The van der Waals surface area contributed by atoms with E-state index in [0.717, 1.165) is 41.8 Å². The summed E-state index contributed by atoms with van der Waals surface area (Å²) in [5, 5.41) is 3.20. The lowest BCUT2D eigenvalue weighted by molar-refractivity contribution is 0.316. The summed E-state index contributed by atoms with van der Waals surface area (Å²) >= 11 is 3.51. The fourth-order valence-corrected chi connectivity index (χ4v) is 2.08. The van der Waals surface area contributed by atoms with Crippen molar-refractivity contribution < 1.29 is 4.74 Å². The molecule has 0 saturated heterocycles. The van der Waals surface area contributed by atoms with Crippen LogP contribution in [-0.4, -0.2) is 20.2 Å². The van der Waals surface area contributed by atoms with Gasteiger partial charge in [0.05, 0.1) is 6.61 Å². The molecule has 3 heteroatoms. The Morgan fingerprint density at radius 1 is 1.39 bits per heavy atom. The topological polar surface area (TPSA) is 21.3 Å². The van der Waals surface area contributed by atoms with Gasteiger partial charge in [0.15, 0.2) is 0 Å². The average Bonchev–Trinajstić information content (AvgIpc) is 2.37. The van der Waals surface area contributed by atoms with Gasteiger partial charge in [-0.1, -0.05) is 41.4 Å². The van der Waals surface area contributed by atoms with Gasteiger partial charge in [-0.25, -0.2) is 0 Å². The van der Waals surface area contributed by atoms with Crippen molar-refractivity contribution in [2.24, 2.45) is 0 Å². The minimum Gasteiger partial charge on any atom is -0.493 e. The standard InChI is InChI=1S/C15H22BrNO/c1-4-8-18-15-7-6-14(16)10-13(15)9-12(5-2)11-17-3/h6-7,9-10,17H,4-5,8,11H2,1-3H3. The highest BCUT2D eigenvalue weighted by atomic mass is 79.9. The highest BCUT2D eigenvalue weighted by Crippen LogP contribution is 2.26. The van der Waals surface area contributed by atoms with Crippen molar-refractivity contribution in [3.8, 4) is 5.75 Å². The third kappa shape index (κ3) is 4.83. The normalized spacial score (nSPS) is 11.7. The third-order valence-corrected chi connectivity index (χ3v) is 3.14. The van der Waals surface area contributed by atoms with Gasteiger partial charge >= 0.3 is 0 Å². The van der Waals surface area contributed by atoms with Crippen LogP contribution in [0.5, 0.6) is 5.75 Å². The quantitative estimate of drug-likeness (QED) is 0.812. The van der Waals surface area contributed by atoms with E-state index < -0.39 is 0 Å². The zero-order valence-corrected chi connectivity index (χ0v) is 13.0. The number of likely N-dealkylation sites (N-methyl/N-ethyl adjacent to an activating group) is 1. The first-order valence-electron chi connectivity index (χ1n) is 6.47. The minimum absolute atomic E-state index is 0.760. The number of benzene rings is 1. The van der Waals surface area contributed by atoms with Crippen molar-refractivity contribution >= 4 is 22.0 Å². The SMILES string of the molecule is CCCOc1ccc(Br)cc1C=C(CC)CNC. The molecule has 1 rings (SSSR count). The van der Waals surface area contributed by atoms with Gasteiger partial charge in [-0.3, -0.25) is 0 Å². The highest BCUT2D eigenvalue weighted by Gasteiger charge is 2.03. The van der Waals surface area contributed by atoms with Crippen LogP contribution in [0.4, 0.5) is 0 Å². The monoisotopic (exact) mass is 311 g/mol. The second-order valence-electron chi connectivity index (χ2n) is 4.22. The molecule has 0 unspecified atom stereocenters. The molecule has 0 radical (unpaired) electrons. The molecular weight excluding hydrogens is 290 g/mol. The molecule has 2 nitrogen and oxygen atoms in total. The van der Waals surface area contributed by atoms with E-state index in [1.807, 2.05) is 19.2 Å². The zero-order chi connectivity index (χ0) is 13.4. The van der Waals surface area contributed by atoms with E-state index >= 15 is 0 Å². The summed E-state index contributed by atoms with van der Waals surface area (Å²) in [7, 11) is 1.97. The van der Waals surface area contributed by atoms with Crippen LogP contribution in [0.1, 0.15) is 32.3 Å². The van der Waals surface area contributed by atoms with Gasteiger partial charge in [-0.2, -0.15) is 0 Å². The molecule has 0 aliphatic carbocycles. The van der Waals surface area contributed by atoms with Gasteiger partial charge in [0.1, 0.15) is 5.75 Å². The molecule has 0 bridgehead atoms. The Kier molecular flexibility index (Phi) is 7.06. The van der Waals surface area contributed by atoms with E-state index in [-0.39, 0.29) is 0 Å². The van der Waals surface area contributed by atoms with Crippen LogP contribution in [-0.2, 0) is 0 Å². The van der Waals surface area contributed by atoms with Crippen molar-refractivity contribution in [2.45, 2.75) is 26.7 Å². The molecule has 1 aromatic carbocycles. The summed E-state index contributed by atoms with van der Waals surface area (Å²) in [4.78, 5) is 0. The number of halogens is 1. The first-order valence-corrected chi connectivity index (χ1v) is 7.27. The van der Waals surface area contributed by atoms with Crippen LogP contribution in [0, 0.1) is 0 Å². The summed E-state index contributed by atoms with van der Waals surface area (Å²) in [6.45, 7) is 5.97. The molecule has 18 heavy (non-hydrogen) atoms. The second-order valence-corrected chi connectivity index (χ2v) is 5.13. The van der Waals surface area contributed by atoms with Crippen molar-refractivity contribution in [1.29, 1.82) is 0 Å². The summed E-state index contributed by atoms with van der Waals surface area (Å²) in [5.41, 5.74) is 2.52. The Morgan fingerprint density at radius 3 is 2.78 bits per heavy atom. The molecule has 0 atom stereocenters. The van der Waals surface area contributed by atoms with Crippen LogP contribution in [0.25, 0.3) is 6.08 Å². The number of ether oxygens (including phenoxy) is 1. The maximum atomic E-state index is 5.78. The van der Waals surface area contributed by atoms with Crippen molar-refractivity contribution in [3.05, 3.63) is 33.8 Å². The number of rotatable bonds is 7. The Balaban J connectivity index is 2.99. The predicted molar refractivity (Wildman–Crippen MR) is 82.1 cm³/mol. The van der Waals surface area contributed by atoms with E-state index in [0.29, 0.717) is 0 Å². The van der Waals surface area contributed by atoms with Crippen molar-refractivity contribution in [3.63, 3.8) is 0 Å². The van der Waals surface area contributed by atoms with E-state index in [1.54, 1.807) is 0 Å². The first kappa shape index (κ1) is 15.3. The lowest BCUT2D eigenvalue weighted by Gasteiger charge is -2.11. The largest absolute Gasteiger partial charge is 0.493 e. The van der Waals surface area contributed by atoms with Crippen LogP contribution >= 0.6 is 15.9 Å². The molecule has 0 saturated carbocycles. The van der Waals surface area contributed by atoms with Crippen LogP contribution in [0.3, 0.4) is 0 Å². The summed E-state index contributed by atoms with van der Waals surface area (Å²) < 4.78 is 6.86. The van der Waals surface area contributed by atoms with Crippen LogP contribution < -0.4 is 10.1 Å². The molecule has 0 aliphatic heterocycles.